The summed E-state index contributed by atoms with van der Waals surface area (Å²) in [4.78, 5) is 50.9. The molecule has 0 bridgehead atoms. The molecule has 0 aromatic carbocycles. The van der Waals surface area contributed by atoms with Crippen molar-refractivity contribution in [1.29, 1.82) is 0 Å². The number of alkyl halides is 3. The number of hydrazine groups is 1. The van der Waals surface area contributed by atoms with Gasteiger partial charge in [0.2, 0.25) is 15.6 Å². The first kappa shape index (κ1) is 34.8. The maximum atomic E-state index is 13.2. The molecular weight excluding hydrogens is 579 g/mol. The van der Waals surface area contributed by atoms with Crippen LogP contribution in [0.25, 0.3) is 0 Å². The molecule has 1 heterocycles. The first-order chi connectivity index (χ1) is 17.4. The summed E-state index contributed by atoms with van der Waals surface area (Å²) in [6.07, 6.45) is 8.46. The summed E-state index contributed by atoms with van der Waals surface area (Å²) in [5, 5.41) is 6.62. The molecule has 220 valence electrons. The predicted molar refractivity (Wildman–Crippen MR) is 153 cm³/mol. The number of allylic oxidation sites excluding steroid dienone is 1. The monoisotopic (exact) mass is 618 g/mol. The summed E-state index contributed by atoms with van der Waals surface area (Å²) < 4.78 is 9.25. The second-order valence-corrected chi connectivity index (χ2v) is 16.7. The zero-order valence-corrected chi connectivity index (χ0v) is 26.2. The molecule has 1 aliphatic heterocycles. The highest BCUT2D eigenvalue weighted by Gasteiger charge is 2.35. The number of nitrogens with one attached hydrogen (secondary N) is 3. The van der Waals surface area contributed by atoms with Gasteiger partial charge >= 0.3 is 5.97 Å². The standard InChI is InChI=1S/C24H41Cl3N4O6S/c1-8-9-12-19(32)29-18(14-37-38(6,7)23(3,4)5)20(33)28-16(2)21(34)31-13-10-11-17(30-31)22(35)36-15-24(25,26)27/h8-9,16-18,30H,10-15H2,1-7H3,(H,28,33)(H,29,32)/b9-8+. The average Bonchev–Trinajstić information content (AvgIpc) is 2.81. The first-order valence-electron chi connectivity index (χ1n) is 12.3. The predicted octanol–water partition coefficient (Wildman–Crippen LogP) is 3.15. The molecule has 3 N–H and O–H groups in total. The number of carbonyl (C=O) groups is 4. The van der Waals surface area contributed by atoms with Crippen LogP contribution in [0.1, 0.15) is 53.9 Å². The van der Waals surface area contributed by atoms with Crippen molar-refractivity contribution < 1.29 is 28.1 Å². The summed E-state index contributed by atoms with van der Waals surface area (Å²) in [7, 11) is -1.57. The number of amides is 3. The number of halogens is 3. The van der Waals surface area contributed by atoms with Crippen LogP contribution in [0.3, 0.4) is 0 Å². The molecule has 0 saturated carbocycles. The molecule has 3 atom stereocenters. The van der Waals surface area contributed by atoms with Gasteiger partial charge in [-0.2, -0.15) is 0 Å². The van der Waals surface area contributed by atoms with Crippen LogP contribution in [0, 0.1) is 0 Å². The molecule has 1 fully saturated rings. The molecule has 3 unspecified atom stereocenters. The van der Waals surface area contributed by atoms with Gasteiger partial charge in [-0.15, -0.1) is 10.3 Å². The topological polar surface area (TPSA) is 126 Å². The summed E-state index contributed by atoms with van der Waals surface area (Å²) in [6.45, 7) is 9.32. The number of hydrogen-bond donors (Lipinski definition) is 3. The highest BCUT2D eigenvalue weighted by Crippen LogP contribution is 2.53. The minimum atomic E-state index is -1.75. The van der Waals surface area contributed by atoms with Gasteiger partial charge in [-0.1, -0.05) is 67.7 Å². The van der Waals surface area contributed by atoms with E-state index in [4.69, 9.17) is 43.7 Å². The largest absolute Gasteiger partial charge is 0.460 e. The van der Waals surface area contributed by atoms with Crippen LogP contribution in [0.15, 0.2) is 12.2 Å². The molecule has 3 amide bonds. The van der Waals surface area contributed by atoms with E-state index in [1.807, 2.05) is 12.5 Å². The van der Waals surface area contributed by atoms with Crippen LogP contribution in [-0.4, -0.2) is 87.6 Å². The van der Waals surface area contributed by atoms with Crippen LogP contribution in [0.2, 0.25) is 0 Å². The summed E-state index contributed by atoms with van der Waals surface area (Å²) in [6, 6.07) is -2.77. The fraction of sp³-hybridized carbons (Fsp3) is 0.750. The second kappa shape index (κ2) is 14.9. The molecule has 1 saturated heterocycles. The molecule has 10 nitrogen and oxygen atoms in total. The Kier molecular flexibility index (Phi) is 13.7. The van der Waals surface area contributed by atoms with E-state index in [2.05, 4.69) is 36.8 Å². The normalized spacial score (nSPS) is 19.0. The Labute approximate surface area is 242 Å². The van der Waals surface area contributed by atoms with Gasteiger partial charge in [-0.05, 0) is 39.2 Å². The SMILES string of the molecule is C/C=C/CC(=O)NC(COS(C)(C)C(C)(C)C)C(=O)NC(C)C(=O)N1CCCC(C(=O)OCC(Cl)(Cl)Cl)N1. The Morgan fingerprint density at radius 2 is 1.79 bits per heavy atom. The minimum absolute atomic E-state index is 0.0486. The first-order valence-corrected chi connectivity index (χ1v) is 15.8. The fourth-order valence-corrected chi connectivity index (χ4v) is 4.05. The van der Waals surface area contributed by atoms with Crippen molar-refractivity contribution in [2.75, 3.05) is 32.3 Å². The van der Waals surface area contributed by atoms with Gasteiger partial charge in [0.05, 0.1) is 6.61 Å². The number of esters is 1. The number of ether oxygens (including phenoxy) is 1. The average molecular weight is 620 g/mol. The van der Waals surface area contributed by atoms with Crippen molar-refractivity contribution in [3.05, 3.63) is 12.2 Å². The summed E-state index contributed by atoms with van der Waals surface area (Å²) in [5.41, 5.74) is 2.82. The Morgan fingerprint density at radius 1 is 1.16 bits per heavy atom. The second-order valence-electron chi connectivity index (χ2n) is 10.3. The lowest BCUT2D eigenvalue weighted by Gasteiger charge is -2.44. The Balaban J connectivity index is 2.85. The highest BCUT2D eigenvalue weighted by molar-refractivity contribution is 8.29. The lowest BCUT2D eigenvalue weighted by molar-refractivity contribution is -0.152. The lowest BCUT2D eigenvalue weighted by Crippen LogP contribution is -2.61. The minimum Gasteiger partial charge on any atom is -0.460 e. The third kappa shape index (κ3) is 11.9. The maximum Gasteiger partial charge on any atom is 0.325 e. The van der Waals surface area contributed by atoms with E-state index in [9.17, 15) is 19.2 Å². The molecular formula is C24H41Cl3N4O6S. The van der Waals surface area contributed by atoms with E-state index in [0.29, 0.717) is 19.4 Å². The molecule has 0 aliphatic carbocycles. The molecule has 1 aliphatic rings. The van der Waals surface area contributed by atoms with E-state index in [1.54, 1.807) is 19.1 Å². The summed E-state index contributed by atoms with van der Waals surface area (Å²) >= 11 is 16.9. The Bertz CT molecular complexity index is 876. The third-order valence-electron chi connectivity index (χ3n) is 6.04. The maximum absolute atomic E-state index is 13.2. The van der Waals surface area contributed by atoms with Gasteiger partial charge in [0, 0.05) is 17.7 Å². The van der Waals surface area contributed by atoms with E-state index < -0.39 is 56.6 Å². The van der Waals surface area contributed by atoms with Crippen LogP contribution in [-0.2, 0) is 28.1 Å². The number of hydrogen-bond acceptors (Lipinski definition) is 7. The van der Waals surface area contributed by atoms with Crippen molar-refractivity contribution in [1.82, 2.24) is 21.1 Å². The Hall–Kier alpha value is -1.24. The van der Waals surface area contributed by atoms with Crippen LogP contribution in [0.4, 0.5) is 0 Å². The zero-order valence-electron chi connectivity index (χ0n) is 23.1. The molecule has 0 aromatic heterocycles. The lowest BCUT2D eigenvalue weighted by atomic mass is 10.1. The number of rotatable bonds is 11. The smallest absolute Gasteiger partial charge is 0.325 e. The van der Waals surface area contributed by atoms with Crippen molar-refractivity contribution in [3.8, 4) is 0 Å². The molecule has 38 heavy (non-hydrogen) atoms. The van der Waals surface area contributed by atoms with Crippen LogP contribution < -0.4 is 16.1 Å². The van der Waals surface area contributed by atoms with Crippen molar-refractivity contribution in [2.24, 2.45) is 0 Å². The van der Waals surface area contributed by atoms with Crippen molar-refractivity contribution in [3.63, 3.8) is 0 Å². The molecule has 0 aromatic rings. The molecule has 1 rings (SSSR count). The van der Waals surface area contributed by atoms with E-state index >= 15 is 0 Å². The van der Waals surface area contributed by atoms with Crippen molar-refractivity contribution >= 4 is 68.8 Å². The fourth-order valence-electron chi connectivity index (χ4n) is 3.05. The van der Waals surface area contributed by atoms with Crippen molar-refractivity contribution in [2.45, 2.75) is 80.5 Å². The highest BCUT2D eigenvalue weighted by atomic mass is 35.6. The molecule has 0 radical (unpaired) electrons. The van der Waals surface area contributed by atoms with Gasteiger partial charge in [0.1, 0.15) is 24.7 Å². The molecule has 0 spiro atoms. The molecule has 14 heteroatoms. The Morgan fingerprint density at radius 3 is 2.34 bits per heavy atom. The zero-order chi connectivity index (χ0) is 29.3. The van der Waals surface area contributed by atoms with E-state index in [-0.39, 0.29) is 23.7 Å². The number of nitrogens with zero attached hydrogens (tertiary/aromatic N) is 1. The van der Waals surface area contributed by atoms with Gasteiger partial charge in [0.15, 0.2) is 0 Å². The van der Waals surface area contributed by atoms with E-state index in [0.717, 1.165) is 0 Å². The number of carbonyl (C=O) groups excluding carboxylic acids is 4. The quantitative estimate of drug-likeness (QED) is 0.184. The van der Waals surface area contributed by atoms with Crippen LogP contribution in [0.5, 0.6) is 0 Å². The van der Waals surface area contributed by atoms with Gasteiger partial charge < -0.3 is 19.6 Å². The third-order valence-corrected chi connectivity index (χ3v) is 10.0. The van der Waals surface area contributed by atoms with Gasteiger partial charge in [-0.25, -0.2) is 5.43 Å². The van der Waals surface area contributed by atoms with E-state index in [1.165, 1.54) is 11.9 Å². The van der Waals surface area contributed by atoms with Crippen LogP contribution >= 0.6 is 45.1 Å². The van der Waals surface area contributed by atoms with Gasteiger partial charge in [-0.3, -0.25) is 24.2 Å². The van der Waals surface area contributed by atoms with Gasteiger partial charge in [0.25, 0.3) is 5.91 Å². The summed E-state index contributed by atoms with van der Waals surface area (Å²) in [5.74, 6) is -2.02.